The third-order valence-electron chi connectivity index (χ3n) is 3.27. The van der Waals surface area contributed by atoms with Crippen molar-refractivity contribution in [3.05, 3.63) is 32.1 Å². The van der Waals surface area contributed by atoms with Gasteiger partial charge in [0.15, 0.2) is 5.82 Å². The molecule has 0 saturated heterocycles. The molecule has 2 aromatic heterocycles. The first-order chi connectivity index (χ1) is 9.20. The Hall–Kier alpha value is -1.18. The molecule has 1 N–H and O–H groups in total. The first-order valence-corrected chi connectivity index (χ1v) is 7.58. The Balaban J connectivity index is 2.09. The predicted molar refractivity (Wildman–Crippen MR) is 81.1 cm³/mol. The van der Waals surface area contributed by atoms with Crippen molar-refractivity contribution in [3.63, 3.8) is 0 Å². The van der Waals surface area contributed by atoms with Crippen LogP contribution in [0.2, 0.25) is 0 Å². The Morgan fingerprint density at radius 1 is 1.53 bits per heavy atom. The molecule has 100 valence electrons. The van der Waals surface area contributed by atoms with E-state index in [2.05, 4.69) is 44.5 Å². The van der Waals surface area contributed by atoms with E-state index < -0.39 is 0 Å². The minimum Gasteiger partial charge on any atom is -0.328 e. The number of H-pyrrole nitrogens is 1. The van der Waals surface area contributed by atoms with Gasteiger partial charge in [0.25, 0.3) is 5.56 Å². The predicted octanol–water partition coefficient (Wildman–Crippen LogP) is 2.53. The Morgan fingerprint density at radius 3 is 3.00 bits per heavy atom. The number of hydrogen-bond donors (Lipinski definition) is 1. The second-order valence-corrected chi connectivity index (χ2v) is 5.94. The normalized spacial score (nSPS) is 14.8. The van der Waals surface area contributed by atoms with Gasteiger partial charge >= 0.3 is 0 Å². The lowest BCUT2D eigenvalue weighted by molar-refractivity contribution is 0.680. The van der Waals surface area contributed by atoms with Gasteiger partial charge in [-0.05, 0) is 41.9 Å². The summed E-state index contributed by atoms with van der Waals surface area (Å²) in [7, 11) is 0. The van der Waals surface area contributed by atoms with Gasteiger partial charge in [-0.1, -0.05) is 6.92 Å². The number of halogens is 1. The number of rotatable bonds is 4. The van der Waals surface area contributed by atoms with E-state index in [1.807, 2.05) is 4.57 Å². The monoisotopic (exact) mass is 370 g/mol. The maximum absolute atomic E-state index is 12.0. The van der Waals surface area contributed by atoms with Crippen molar-refractivity contribution in [2.45, 2.75) is 38.6 Å². The summed E-state index contributed by atoms with van der Waals surface area (Å²) in [5.41, 5.74) is 1.79. The van der Waals surface area contributed by atoms with Crippen LogP contribution in [0.1, 0.15) is 37.8 Å². The molecule has 2 aromatic rings. The van der Waals surface area contributed by atoms with Crippen LogP contribution in [-0.2, 0) is 6.54 Å². The number of aromatic amines is 1. The highest BCUT2D eigenvalue weighted by Crippen LogP contribution is 2.40. The number of imidazole rings is 1. The number of hydrogen-bond acceptors (Lipinski definition) is 3. The van der Waals surface area contributed by atoms with Gasteiger partial charge in [0, 0.05) is 12.5 Å². The average molecular weight is 370 g/mol. The van der Waals surface area contributed by atoms with Crippen LogP contribution in [-0.4, -0.2) is 19.5 Å². The second-order valence-electron chi connectivity index (χ2n) is 4.86. The Bertz CT molecular complexity index is 657. The van der Waals surface area contributed by atoms with E-state index in [0.717, 1.165) is 40.8 Å². The molecule has 3 rings (SSSR count). The molecular formula is C13H15IN4O. The van der Waals surface area contributed by atoms with Crippen LogP contribution in [0.4, 0.5) is 0 Å². The molecular weight excluding hydrogens is 355 g/mol. The van der Waals surface area contributed by atoms with E-state index in [4.69, 9.17) is 0 Å². The van der Waals surface area contributed by atoms with Gasteiger partial charge < -0.3 is 9.55 Å². The van der Waals surface area contributed by atoms with Gasteiger partial charge in [-0.3, -0.25) is 4.79 Å². The number of aromatic nitrogens is 4. The molecule has 0 radical (unpaired) electrons. The van der Waals surface area contributed by atoms with Gasteiger partial charge in [-0.25, -0.2) is 9.97 Å². The van der Waals surface area contributed by atoms with E-state index in [-0.39, 0.29) is 5.56 Å². The molecule has 0 spiro atoms. The fraction of sp³-hybridized carbons (Fsp3) is 0.462. The molecule has 2 heterocycles. The maximum atomic E-state index is 12.0. The van der Waals surface area contributed by atoms with Crippen molar-refractivity contribution in [2.75, 3.05) is 0 Å². The van der Waals surface area contributed by atoms with E-state index >= 15 is 0 Å². The van der Waals surface area contributed by atoms with Gasteiger partial charge in [0.05, 0.1) is 18.2 Å². The SMILES string of the molecule is CCCn1cncc1-c1nc(C2CC2)c(I)c(=O)[nH]1. The highest BCUT2D eigenvalue weighted by atomic mass is 127. The minimum absolute atomic E-state index is 0.0447. The fourth-order valence-corrected chi connectivity index (χ4v) is 2.86. The molecule has 0 amide bonds. The molecule has 5 nitrogen and oxygen atoms in total. The lowest BCUT2D eigenvalue weighted by atomic mass is 10.2. The summed E-state index contributed by atoms with van der Waals surface area (Å²) in [6.07, 6.45) is 6.85. The van der Waals surface area contributed by atoms with Gasteiger partial charge in [-0.15, -0.1) is 0 Å². The van der Waals surface area contributed by atoms with Crippen molar-refractivity contribution in [1.29, 1.82) is 0 Å². The molecule has 0 aliphatic heterocycles. The molecule has 0 aromatic carbocycles. The first-order valence-electron chi connectivity index (χ1n) is 6.51. The summed E-state index contributed by atoms with van der Waals surface area (Å²) in [6, 6.07) is 0. The van der Waals surface area contributed by atoms with Crippen molar-refractivity contribution in [1.82, 2.24) is 19.5 Å². The van der Waals surface area contributed by atoms with Crippen LogP contribution in [0, 0.1) is 3.57 Å². The molecule has 1 saturated carbocycles. The van der Waals surface area contributed by atoms with Crippen LogP contribution in [0.3, 0.4) is 0 Å². The highest BCUT2D eigenvalue weighted by molar-refractivity contribution is 14.1. The molecule has 19 heavy (non-hydrogen) atoms. The van der Waals surface area contributed by atoms with E-state index in [1.165, 1.54) is 0 Å². The molecule has 6 heteroatoms. The minimum atomic E-state index is -0.0447. The van der Waals surface area contributed by atoms with Crippen LogP contribution in [0.15, 0.2) is 17.3 Å². The van der Waals surface area contributed by atoms with Crippen LogP contribution in [0.25, 0.3) is 11.5 Å². The zero-order valence-electron chi connectivity index (χ0n) is 10.7. The number of nitrogens with zero attached hydrogens (tertiary/aromatic N) is 3. The zero-order valence-corrected chi connectivity index (χ0v) is 12.8. The van der Waals surface area contributed by atoms with Gasteiger partial charge in [0.1, 0.15) is 9.26 Å². The summed E-state index contributed by atoms with van der Waals surface area (Å²) in [5, 5.41) is 0. The molecule has 0 atom stereocenters. The molecule has 1 fully saturated rings. The van der Waals surface area contributed by atoms with Crippen LogP contribution < -0.4 is 5.56 Å². The maximum Gasteiger partial charge on any atom is 0.264 e. The van der Waals surface area contributed by atoms with Crippen molar-refractivity contribution in [2.24, 2.45) is 0 Å². The lowest BCUT2D eigenvalue weighted by Crippen LogP contribution is -2.17. The van der Waals surface area contributed by atoms with Crippen molar-refractivity contribution < 1.29 is 0 Å². The molecule has 0 unspecified atom stereocenters. The molecule has 0 bridgehead atoms. The fourth-order valence-electron chi connectivity index (χ4n) is 2.16. The smallest absolute Gasteiger partial charge is 0.264 e. The van der Waals surface area contributed by atoms with E-state index in [0.29, 0.717) is 11.7 Å². The Kier molecular flexibility index (Phi) is 3.42. The summed E-state index contributed by atoms with van der Waals surface area (Å²) in [6.45, 7) is 2.99. The van der Waals surface area contributed by atoms with Gasteiger partial charge in [-0.2, -0.15) is 0 Å². The third-order valence-corrected chi connectivity index (χ3v) is 4.31. The van der Waals surface area contributed by atoms with Gasteiger partial charge in [0.2, 0.25) is 0 Å². The third kappa shape index (κ3) is 2.45. The molecule has 1 aliphatic carbocycles. The van der Waals surface area contributed by atoms with Crippen molar-refractivity contribution >= 4 is 22.6 Å². The highest BCUT2D eigenvalue weighted by Gasteiger charge is 2.29. The first kappa shape index (κ1) is 12.8. The Morgan fingerprint density at radius 2 is 2.32 bits per heavy atom. The lowest BCUT2D eigenvalue weighted by Gasteiger charge is -2.08. The second kappa shape index (κ2) is 5.07. The van der Waals surface area contributed by atoms with E-state index in [9.17, 15) is 4.79 Å². The quantitative estimate of drug-likeness (QED) is 0.842. The summed E-state index contributed by atoms with van der Waals surface area (Å²) in [4.78, 5) is 23.7. The van der Waals surface area contributed by atoms with E-state index in [1.54, 1.807) is 12.5 Å². The Labute approximate surface area is 124 Å². The topological polar surface area (TPSA) is 63.6 Å². The summed E-state index contributed by atoms with van der Waals surface area (Å²) < 4.78 is 2.76. The standard InChI is InChI=1S/C13H15IN4O/c1-2-5-18-7-15-6-9(18)12-16-11(8-3-4-8)10(14)13(19)17-12/h6-8H,2-5H2,1H3,(H,16,17,19). The molecule has 1 aliphatic rings. The number of nitrogens with one attached hydrogen (secondary N) is 1. The van der Waals surface area contributed by atoms with Crippen LogP contribution in [0.5, 0.6) is 0 Å². The largest absolute Gasteiger partial charge is 0.328 e. The number of aryl methyl sites for hydroxylation is 1. The summed E-state index contributed by atoms with van der Waals surface area (Å²) in [5.74, 6) is 1.11. The summed E-state index contributed by atoms with van der Waals surface area (Å²) >= 11 is 2.09. The average Bonchev–Trinajstić information content (AvgIpc) is 3.13. The van der Waals surface area contributed by atoms with Crippen LogP contribution >= 0.6 is 22.6 Å². The zero-order chi connectivity index (χ0) is 13.4. The van der Waals surface area contributed by atoms with Crippen molar-refractivity contribution in [3.8, 4) is 11.5 Å².